The van der Waals surface area contributed by atoms with Gasteiger partial charge in [-0.2, -0.15) is 13.2 Å². The lowest BCUT2D eigenvalue weighted by Crippen LogP contribution is -2.16. The molecular formula is C23H25F3N4O4S2. The predicted molar refractivity (Wildman–Crippen MR) is 130 cm³/mol. The lowest BCUT2D eigenvalue weighted by atomic mass is 10.2. The number of nitrogens with zero attached hydrogens (tertiary/aromatic N) is 3. The third-order valence-electron chi connectivity index (χ3n) is 4.85. The fourth-order valence-corrected chi connectivity index (χ4v) is 4.94. The maximum Gasteiger partial charge on any atom is 0.416 e. The van der Waals surface area contributed by atoms with E-state index in [2.05, 4.69) is 15.5 Å². The van der Waals surface area contributed by atoms with Gasteiger partial charge >= 0.3 is 12.1 Å². The summed E-state index contributed by atoms with van der Waals surface area (Å²) in [5, 5.41) is 11.8. The fraction of sp³-hybridized carbons (Fsp3) is 0.391. The number of esters is 1. The third kappa shape index (κ3) is 7.00. The van der Waals surface area contributed by atoms with Gasteiger partial charge in [0.15, 0.2) is 11.0 Å². The highest BCUT2D eigenvalue weighted by atomic mass is 32.2. The fourth-order valence-electron chi connectivity index (χ4n) is 3.12. The summed E-state index contributed by atoms with van der Waals surface area (Å²) in [6.07, 6.45) is -3.75. The number of anilines is 1. The highest BCUT2D eigenvalue weighted by Crippen LogP contribution is 2.32. The molecule has 0 aliphatic heterocycles. The zero-order valence-electron chi connectivity index (χ0n) is 19.8. The monoisotopic (exact) mass is 542 g/mol. The maximum absolute atomic E-state index is 12.9. The Morgan fingerprint density at radius 2 is 1.94 bits per heavy atom. The van der Waals surface area contributed by atoms with Crippen molar-refractivity contribution < 1.29 is 32.2 Å². The first-order valence-corrected chi connectivity index (χ1v) is 12.9. The summed E-state index contributed by atoms with van der Waals surface area (Å²) in [6, 6.07) is 6.31. The van der Waals surface area contributed by atoms with Crippen molar-refractivity contribution in [2.75, 3.05) is 17.7 Å². The summed E-state index contributed by atoms with van der Waals surface area (Å²) in [5.74, 6) is -0.346. The normalized spacial score (nSPS) is 11.4. The van der Waals surface area contributed by atoms with Gasteiger partial charge in [-0.1, -0.05) is 24.8 Å². The number of thioether (sulfide) groups is 1. The Bertz CT molecular complexity index is 1210. The molecule has 194 valence electrons. The number of carbonyl (C=O) groups excluding carboxylic acids is 2. The van der Waals surface area contributed by atoms with Crippen LogP contribution in [0, 0.1) is 0 Å². The van der Waals surface area contributed by atoms with Crippen LogP contribution in [0.2, 0.25) is 0 Å². The Balaban J connectivity index is 1.62. The molecule has 8 nitrogen and oxygen atoms in total. The minimum atomic E-state index is -4.47. The molecule has 0 radical (unpaired) electrons. The summed E-state index contributed by atoms with van der Waals surface area (Å²) >= 11 is 2.47. The van der Waals surface area contributed by atoms with Crippen molar-refractivity contribution >= 4 is 40.0 Å². The Kier molecular flexibility index (Phi) is 9.37. The van der Waals surface area contributed by atoms with Crippen molar-refractivity contribution in [1.82, 2.24) is 14.8 Å². The van der Waals surface area contributed by atoms with Crippen LogP contribution in [0.5, 0.6) is 5.75 Å². The Morgan fingerprint density at radius 3 is 2.61 bits per heavy atom. The summed E-state index contributed by atoms with van der Waals surface area (Å²) in [7, 11) is 0. The average molecular weight is 543 g/mol. The van der Waals surface area contributed by atoms with Crippen LogP contribution in [-0.2, 0) is 35.3 Å². The molecule has 2 aromatic heterocycles. The van der Waals surface area contributed by atoms with Crippen LogP contribution in [0.1, 0.15) is 47.4 Å². The third-order valence-corrected chi connectivity index (χ3v) is 7.01. The lowest BCUT2D eigenvalue weighted by molar-refractivity contribution is -0.137. The number of aromatic nitrogens is 3. The summed E-state index contributed by atoms with van der Waals surface area (Å²) in [6.45, 7) is 6.12. The second-order valence-electron chi connectivity index (χ2n) is 7.32. The molecule has 13 heteroatoms. The number of thiophene rings is 1. The average Bonchev–Trinajstić information content (AvgIpc) is 3.44. The van der Waals surface area contributed by atoms with Crippen LogP contribution in [0.4, 0.5) is 18.2 Å². The van der Waals surface area contributed by atoms with E-state index in [-0.39, 0.29) is 30.6 Å². The van der Waals surface area contributed by atoms with Gasteiger partial charge in [-0.05, 0) is 44.5 Å². The number of hydrogen-bond acceptors (Lipinski definition) is 8. The van der Waals surface area contributed by atoms with E-state index >= 15 is 0 Å². The Morgan fingerprint density at radius 1 is 1.17 bits per heavy atom. The van der Waals surface area contributed by atoms with Gasteiger partial charge in [0.25, 0.3) is 0 Å². The molecule has 0 saturated heterocycles. The number of halogens is 3. The molecule has 0 fully saturated rings. The van der Waals surface area contributed by atoms with Gasteiger partial charge < -0.3 is 19.4 Å². The van der Waals surface area contributed by atoms with Crippen molar-refractivity contribution in [3.8, 4) is 5.75 Å². The van der Waals surface area contributed by atoms with Crippen molar-refractivity contribution in [2.24, 2.45) is 0 Å². The molecule has 2 heterocycles. The Labute approximate surface area is 214 Å². The van der Waals surface area contributed by atoms with Gasteiger partial charge in [0.1, 0.15) is 17.4 Å². The van der Waals surface area contributed by atoms with E-state index in [1.54, 1.807) is 17.6 Å². The summed E-state index contributed by atoms with van der Waals surface area (Å²) < 4.78 is 51.0. The van der Waals surface area contributed by atoms with Gasteiger partial charge in [-0.25, -0.2) is 4.79 Å². The number of aryl methyl sites for hydroxylation is 1. The van der Waals surface area contributed by atoms with Crippen LogP contribution < -0.4 is 10.1 Å². The Hall–Kier alpha value is -3.06. The zero-order valence-corrected chi connectivity index (χ0v) is 21.5. The standard InChI is InChI=1S/C23H25F3N4O4S2/c1-4-16-11-17(21(32)33-6-3)20(36-16)27-19(31)13-35-22-29-28-18(30(22)5-2)12-34-15-9-7-8-14(10-15)23(24,25)26/h7-11H,4-6,12-13H2,1-3H3,(H,27,31). The minimum Gasteiger partial charge on any atom is -0.486 e. The van der Waals surface area contributed by atoms with Crippen molar-refractivity contribution in [2.45, 2.75) is 51.7 Å². The molecule has 0 aliphatic rings. The maximum atomic E-state index is 12.9. The molecule has 0 spiro atoms. The van der Waals surface area contributed by atoms with Crippen LogP contribution in [0.15, 0.2) is 35.5 Å². The molecule has 0 bridgehead atoms. The highest BCUT2D eigenvalue weighted by molar-refractivity contribution is 7.99. The van der Waals surface area contributed by atoms with E-state index in [0.717, 1.165) is 28.8 Å². The molecular weight excluding hydrogens is 517 g/mol. The quantitative estimate of drug-likeness (QED) is 0.255. The van der Waals surface area contributed by atoms with Gasteiger partial charge in [0.2, 0.25) is 5.91 Å². The SMILES string of the molecule is CCOC(=O)c1cc(CC)sc1NC(=O)CSc1nnc(COc2cccc(C(F)(F)F)c2)n1CC. The summed E-state index contributed by atoms with van der Waals surface area (Å²) in [5.41, 5.74) is -0.482. The lowest BCUT2D eigenvalue weighted by Gasteiger charge is -2.11. The number of nitrogens with one attached hydrogen (secondary N) is 1. The number of ether oxygens (including phenoxy) is 2. The molecule has 0 aliphatic carbocycles. The molecule has 3 aromatic rings. The number of hydrogen-bond donors (Lipinski definition) is 1. The zero-order chi connectivity index (χ0) is 26.3. The van der Waals surface area contributed by atoms with E-state index in [9.17, 15) is 22.8 Å². The van der Waals surface area contributed by atoms with Gasteiger partial charge in [0.05, 0.1) is 23.5 Å². The topological polar surface area (TPSA) is 95.3 Å². The van der Waals surface area contributed by atoms with E-state index in [4.69, 9.17) is 9.47 Å². The van der Waals surface area contributed by atoms with E-state index in [1.165, 1.54) is 23.5 Å². The van der Waals surface area contributed by atoms with Gasteiger partial charge in [-0.3, -0.25) is 4.79 Å². The van der Waals surface area contributed by atoms with Crippen LogP contribution in [0.25, 0.3) is 0 Å². The number of rotatable bonds is 11. The molecule has 36 heavy (non-hydrogen) atoms. The first-order chi connectivity index (χ1) is 17.2. The largest absolute Gasteiger partial charge is 0.486 e. The van der Waals surface area contributed by atoms with E-state index < -0.39 is 17.7 Å². The molecule has 0 unspecified atom stereocenters. The van der Waals surface area contributed by atoms with E-state index in [1.807, 2.05) is 13.8 Å². The smallest absolute Gasteiger partial charge is 0.416 e. The number of amides is 1. The van der Waals surface area contributed by atoms with Crippen LogP contribution in [-0.4, -0.2) is 39.0 Å². The molecule has 0 saturated carbocycles. The van der Waals surface area contributed by atoms with Crippen molar-refractivity contribution in [3.63, 3.8) is 0 Å². The minimum absolute atomic E-state index is 0.00818. The second-order valence-corrected chi connectivity index (χ2v) is 9.40. The van der Waals surface area contributed by atoms with Gasteiger partial charge in [0, 0.05) is 11.4 Å². The molecule has 3 rings (SSSR count). The van der Waals surface area contributed by atoms with Crippen molar-refractivity contribution in [3.05, 3.63) is 52.2 Å². The van der Waals surface area contributed by atoms with Crippen LogP contribution in [0.3, 0.4) is 0 Å². The second kappa shape index (κ2) is 12.3. The predicted octanol–water partition coefficient (Wildman–Crippen LogP) is 5.43. The van der Waals surface area contributed by atoms with Crippen LogP contribution >= 0.6 is 23.1 Å². The number of benzene rings is 1. The highest BCUT2D eigenvalue weighted by Gasteiger charge is 2.30. The van der Waals surface area contributed by atoms with E-state index in [0.29, 0.717) is 34.5 Å². The van der Waals surface area contributed by atoms with Gasteiger partial charge in [-0.15, -0.1) is 21.5 Å². The van der Waals surface area contributed by atoms with Crippen molar-refractivity contribution in [1.29, 1.82) is 0 Å². The molecule has 1 amide bonds. The first kappa shape index (κ1) is 27.5. The number of alkyl halides is 3. The first-order valence-electron chi connectivity index (χ1n) is 11.1. The summed E-state index contributed by atoms with van der Waals surface area (Å²) in [4.78, 5) is 25.7. The number of carbonyl (C=O) groups is 2. The molecule has 0 atom stereocenters. The molecule has 1 N–H and O–H groups in total. The molecule has 1 aromatic carbocycles.